The summed E-state index contributed by atoms with van der Waals surface area (Å²) >= 11 is 0. The molecule has 226 valence electrons. The van der Waals surface area contributed by atoms with Crippen molar-refractivity contribution in [3.05, 3.63) is 143 Å². The van der Waals surface area contributed by atoms with Crippen LogP contribution in [0.25, 0.3) is 0 Å². The van der Waals surface area contributed by atoms with Crippen LogP contribution < -0.4 is 5.73 Å². The van der Waals surface area contributed by atoms with Crippen LogP contribution in [0.4, 0.5) is 17.6 Å². The number of aliphatic hydroxyl groups is 2. The van der Waals surface area contributed by atoms with E-state index in [0.29, 0.717) is 36.8 Å². The van der Waals surface area contributed by atoms with Crippen molar-refractivity contribution in [1.82, 2.24) is 0 Å². The third kappa shape index (κ3) is 11.8. The van der Waals surface area contributed by atoms with E-state index in [0.717, 1.165) is 24.1 Å². The highest BCUT2D eigenvalue weighted by Crippen LogP contribution is 2.18. The second kappa shape index (κ2) is 16.8. The summed E-state index contributed by atoms with van der Waals surface area (Å²) < 4.78 is 52.5. The van der Waals surface area contributed by atoms with Crippen LogP contribution in [-0.4, -0.2) is 28.5 Å². The van der Waals surface area contributed by atoms with Crippen LogP contribution >= 0.6 is 0 Å². The molecule has 0 aliphatic carbocycles. The fourth-order valence-corrected chi connectivity index (χ4v) is 4.79. The van der Waals surface area contributed by atoms with E-state index >= 15 is 0 Å². The standard InChI is InChI=1S/C18H20F2O.C17H19F2NO.H2/c1-13(9-15-10-16(19)12-17(20)11-15)18(21)8-7-14-5-3-2-4-6-14;18-14-8-13(9-15(19)11-14)10-16(20)17(21)7-6-12-4-2-1-3-5-12;/h2-6,10-13,18,21H,7-9H2,1H3;1-5,8-9,11,16-17,21H,6-7,10,20H2;1H/t13-,18?;16-,17?;/m00./s1/i;;1+1. The Labute approximate surface area is 247 Å². The minimum absolute atomic E-state index is 0. The molecule has 0 bridgehead atoms. The number of hydrogen-bond donors (Lipinski definition) is 3. The van der Waals surface area contributed by atoms with Crippen molar-refractivity contribution in [2.24, 2.45) is 11.7 Å². The first-order valence-corrected chi connectivity index (χ1v) is 14.2. The van der Waals surface area contributed by atoms with Gasteiger partial charge in [0.05, 0.1) is 12.2 Å². The minimum Gasteiger partial charge on any atom is -0.393 e. The van der Waals surface area contributed by atoms with Gasteiger partial charge in [0.1, 0.15) is 23.3 Å². The highest BCUT2D eigenvalue weighted by Gasteiger charge is 2.17. The van der Waals surface area contributed by atoms with Crippen molar-refractivity contribution in [3.8, 4) is 0 Å². The number of benzene rings is 4. The lowest BCUT2D eigenvalue weighted by Gasteiger charge is -2.19. The Kier molecular flexibility index (Phi) is 13.2. The minimum atomic E-state index is -0.712. The van der Waals surface area contributed by atoms with Crippen molar-refractivity contribution in [3.63, 3.8) is 0 Å². The van der Waals surface area contributed by atoms with Gasteiger partial charge < -0.3 is 15.9 Å². The van der Waals surface area contributed by atoms with Crippen LogP contribution in [0.3, 0.4) is 0 Å². The molecule has 2 unspecified atom stereocenters. The highest BCUT2D eigenvalue weighted by atomic mass is 19.1. The molecule has 4 aromatic rings. The van der Waals surface area contributed by atoms with Gasteiger partial charge in [-0.05, 0) is 91.0 Å². The maximum absolute atomic E-state index is 13.1. The summed E-state index contributed by atoms with van der Waals surface area (Å²) in [5.41, 5.74) is 9.26. The second-order valence-electron chi connectivity index (χ2n) is 10.8. The molecule has 0 aliphatic heterocycles. The quantitative estimate of drug-likeness (QED) is 0.154. The summed E-state index contributed by atoms with van der Waals surface area (Å²) in [5.74, 6) is -2.45. The lowest BCUT2D eigenvalue weighted by molar-refractivity contribution is 0.108. The largest absolute Gasteiger partial charge is 0.393 e. The van der Waals surface area contributed by atoms with Gasteiger partial charge in [-0.25, -0.2) is 17.6 Å². The van der Waals surface area contributed by atoms with E-state index in [1.807, 2.05) is 67.6 Å². The molecule has 0 saturated carbocycles. The van der Waals surface area contributed by atoms with Gasteiger partial charge >= 0.3 is 0 Å². The first-order valence-electron chi connectivity index (χ1n) is 14.2. The molecule has 3 nitrogen and oxygen atoms in total. The van der Waals surface area contributed by atoms with Gasteiger partial charge in [-0.2, -0.15) is 0 Å². The van der Waals surface area contributed by atoms with Gasteiger partial charge in [0, 0.05) is 19.6 Å². The molecule has 42 heavy (non-hydrogen) atoms. The van der Waals surface area contributed by atoms with E-state index in [9.17, 15) is 27.8 Å². The Morgan fingerprint density at radius 3 is 1.38 bits per heavy atom. The van der Waals surface area contributed by atoms with Crippen LogP contribution in [0.15, 0.2) is 97.1 Å². The number of aryl methyl sites for hydroxylation is 2. The third-order valence-corrected chi connectivity index (χ3v) is 7.17. The van der Waals surface area contributed by atoms with Crippen LogP contribution in [0.5, 0.6) is 0 Å². The summed E-state index contributed by atoms with van der Waals surface area (Å²) in [7, 11) is 0. The predicted molar refractivity (Wildman–Crippen MR) is 161 cm³/mol. The Bertz CT molecular complexity index is 1220. The zero-order valence-corrected chi connectivity index (χ0v) is 23.8. The Morgan fingerprint density at radius 2 is 0.952 bits per heavy atom. The van der Waals surface area contributed by atoms with Gasteiger partial charge in [0.2, 0.25) is 0 Å². The summed E-state index contributed by atoms with van der Waals surface area (Å²) in [5, 5.41) is 20.3. The fourth-order valence-electron chi connectivity index (χ4n) is 4.79. The van der Waals surface area contributed by atoms with E-state index in [4.69, 9.17) is 5.73 Å². The Morgan fingerprint density at radius 1 is 0.571 bits per heavy atom. The molecule has 7 heteroatoms. The number of halogens is 4. The molecule has 4 aromatic carbocycles. The molecular weight excluding hydrogens is 542 g/mol. The SMILES string of the molecule is C[C@@H](Cc1cc(F)cc(F)c1)C(O)CCc1ccccc1.N[C@@H](Cc1cc(F)cc(F)c1)C(O)CCc1ccccc1.[2HH]. The molecule has 0 amide bonds. The molecule has 0 aromatic heterocycles. The maximum atomic E-state index is 13.1. The van der Waals surface area contributed by atoms with Crippen LogP contribution in [0.1, 0.15) is 43.4 Å². The van der Waals surface area contributed by atoms with Gasteiger partial charge in [0.15, 0.2) is 0 Å². The predicted octanol–water partition coefficient (Wildman–Crippen LogP) is 7.21. The molecular formula is C35H41F4NO2. The second-order valence-corrected chi connectivity index (χ2v) is 10.8. The molecule has 0 radical (unpaired) electrons. The van der Waals surface area contributed by atoms with E-state index in [1.165, 1.54) is 29.8 Å². The summed E-state index contributed by atoms with van der Waals surface area (Å²) in [4.78, 5) is 0. The molecule has 0 aliphatic rings. The summed E-state index contributed by atoms with van der Waals surface area (Å²) in [6, 6.07) is 26.0. The maximum Gasteiger partial charge on any atom is 0.126 e. The first-order chi connectivity index (χ1) is 20.1. The molecule has 4 N–H and O–H groups in total. The molecule has 0 spiro atoms. The number of hydrogen-bond acceptors (Lipinski definition) is 3. The molecule has 0 heterocycles. The summed E-state index contributed by atoms with van der Waals surface area (Å²) in [6.45, 7) is 1.90. The normalized spacial score (nSPS) is 13.9. The number of aliphatic hydroxyl groups excluding tert-OH is 2. The monoisotopic (exact) mass is 584 g/mol. The van der Waals surface area contributed by atoms with Gasteiger partial charge in [0.25, 0.3) is 0 Å². The van der Waals surface area contributed by atoms with Crippen LogP contribution in [-0.2, 0) is 25.7 Å². The number of rotatable bonds is 12. The van der Waals surface area contributed by atoms with E-state index in [1.54, 1.807) is 0 Å². The lowest BCUT2D eigenvalue weighted by atomic mass is 9.92. The third-order valence-electron chi connectivity index (χ3n) is 7.17. The molecule has 0 saturated heterocycles. The topological polar surface area (TPSA) is 66.5 Å². The van der Waals surface area contributed by atoms with Crippen LogP contribution in [0, 0.1) is 29.2 Å². The van der Waals surface area contributed by atoms with Gasteiger partial charge in [-0.3, -0.25) is 0 Å². The van der Waals surface area contributed by atoms with E-state index in [2.05, 4.69) is 0 Å². The average Bonchev–Trinajstić information content (AvgIpc) is 2.95. The molecule has 4 atom stereocenters. The van der Waals surface area contributed by atoms with E-state index < -0.39 is 41.5 Å². The highest BCUT2D eigenvalue weighted by molar-refractivity contribution is 5.20. The van der Waals surface area contributed by atoms with Crippen LogP contribution in [0.2, 0.25) is 0 Å². The first kappa shape index (κ1) is 33.0. The lowest BCUT2D eigenvalue weighted by Crippen LogP contribution is -2.37. The van der Waals surface area contributed by atoms with Crippen molar-refractivity contribution < 1.29 is 29.2 Å². The summed E-state index contributed by atoms with van der Waals surface area (Å²) in [6.07, 6.45) is 2.17. The van der Waals surface area contributed by atoms with Crippen molar-refractivity contribution in [2.75, 3.05) is 0 Å². The van der Waals surface area contributed by atoms with E-state index in [-0.39, 0.29) is 13.8 Å². The zero-order valence-electron chi connectivity index (χ0n) is 23.8. The van der Waals surface area contributed by atoms with Crippen molar-refractivity contribution in [2.45, 2.75) is 63.7 Å². The number of nitrogens with two attached hydrogens (primary N) is 1. The Hall–Kier alpha value is -3.52. The van der Waals surface area contributed by atoms with Crippen molar-refractivity contribution in [1.29, 1.82) is 0 Å². The Balaban J connectivity index is 0.000000293. The van der Waals surface area contributed by atoms with Crippen molar-refractivity contribution >= 4 is 0 Å². The van der Waals surface area contributed by atoms with Gasteiger partial charge in [-0.1, -0.05) is 67.6 Å². The zero-order chi connectivity index (χ0) is 30.5. The average molecular weight is 585 g/mol. The molecule has 4 rings (SSSR count). The smallest absolute Gasteiger partial charge is 0.126 e. The fraction of sp³-hybridized carbons (Fsp3) is 0.314. The van der Waals surface area contributed by atoms with Gasteiger partial charge in [-0.15, -0.1) is 0 Å². The molecule has 0 fully saturated rings.